The van der Waals surface area contributed by atoms with Crippen molar-refractivity contribution < 1.29 is 29.3 Å². The van der Waals surface area contributed by atoms with Crippen LogP contribution in [0.15, 0.2) is 23.3 Å². The molecule has 206 valence electrons. The van der Waals surface area contributed by atoms with Gasteiger partial charge in [0.1, 0.15) is 17.3 Å². The Morgan fingerprint density at radius 3 is 2.24 bits per heavy atom. The molecule has 0 heterocycles. The fourth-order valence-electron chi connectivity index (χ4n) is 9.87. The number of aliphatic hydroxyl groups is 2. The van der Waals surface area contributed by atoms with Crippen molar-refractivity contribution >= 4 is 17.5 Å². The molecule has 0 aromatic heterocycles. The zero-order valence-electron chi connectivity index (χ0n) is 23.7. The quantitative estimate of drug-likeness (QED) is 0.493. The first-order valence-corrected chi connectivity index (χ1v) is 13.9. The van der Waals surface area contributed by atoms with Crippen LogP contribution in [0.5, 0.6) is 0 Å². The van der Waals surface area contributed by atoms with Gasteiger partial charge < -0.3 is 14.9 Å². The van der Waals surface area contributed by atoms with Crippen LogP contribution in [0.1, 0.15) is 86.5 Å². The second kappa shape index (κ2) is 7.67. The summed E-state index contributed by atoms with van der Waals surface area (Å²) in [4.78, 5) is 40.7. The van der Waals surface area contributed by atoms with E-state index in [1.54, 1.807) is 12.2 Å². The van der Waals surface area contributed by atoms with E-state index in [1.165, 1.54) is 14.0 Å². The summed E-state index contributed by atoms with van der Waals surface area (Å²) in [6, 6.07) is 1.97. The van der Waals surface area contributed by atoms with Crippen LogP contribution in [0, 0.1) is 50.2 Å². The smallest absolute Gasteiger partial charge is 0.312 e. The van der Waals surface area contributed by atoms with Crippen LogP contribution in [0.3, 0.4) is 0 Å². The van der Waals surface area contributed by atoms with Crippen LogP contribution < -0.4 is 0 Å². The lowest BCUT2D eigenvalue weighted by atomic mass is 9.33. The topological polar surface area (TPSA) is 125 Å². The standard InChI is InChI=1S/C31H41NO6/c1-25(2)10-12-30(24(35)38-7)13-11-28(5)27(4)9-8-19-26(3,15-18(17-32)23(34)29(19,6)36)20(27)14-22(33)31(28,37)21(30)16-25/h14-15,19,21,36-37H,8-13,16H2,1-7H3/t19?,21-,26+,27-,28+,29+,30+,31-/m1/s1. The molecule has 0 spiro atoms. The number of allylic oxidation sites excluding steroid dienone is 2. The number of esters is 1. The van der Waals surface area contributed by atoms with Gasteiger partial charge >= 0.3 is 5.97 Å². The second-order valence-corrected chi connectivity index (χ2v) is 14.4. The highest BCUT2D eigenvalue weighted by molar-refractivity contribution is 6.07. The van der Waals surface area contributed by atoms with E-state index < -0.39 is 56.3 Å². The first-order valence-electron chi connectivity index (χ1n) is 13.9. The van der Waals surface area contributed by atoms with Crippen molar-refractivity contribution in [3.8, 4) is 6.07 Å². The van der Waals surface area contributed by atoms with E-state index in [1.807, 2.05) is 19.9 Å². The molecule has 1 unspecified atom stereocenters. The molecule has 0 amide bonds. The maximum atomic E-state index is 14.4. The first-order chi connectivity index (χ1) is 17.4. The molecule has 0 aromatic rings. The number of nitrogens with zero attached hydrogens (tertiary/aromatic N) is 1. The van der Waals surface area contributed by atoms with Crippen LogP contribution in [-0.2, 0) is 19.1 Å². The maximum absolute atomic E-state index is 14.4. The highest BCUT2D eigenvalue weighted by Gasteiger charge is 2.77. The van der Waals surface area contributed by atoms with Crippen LogP contribution in [-0.4, -0.2) is 46.1 Å². The molecule has 38 heavy (non-hydrogen) atoms. The molecule has 2 N–H and O–H groups in total. The largest absolute Gasteiger partial charge is 0.469 e. The lowest BCUT2D eigenvalue weighted by Gasteiger charge is -2.71. The number of hydrogen-bond acceptors (Lipinski definition) is 7. The number of ether oxygens (including phenoxy) is 1. The Balaban J connectivity index is 1.75. The molecule has 0 bridgehead atoms. The average Bonchev–Trinajstić information content (AvgIpc) is 2.85. The Kier molecular flexibility index (Phi) is 5.50. The second-order valence-electron chi connectivity index (χ2n) is 14.4. The fraction of sp³-hybridized carbons (Fsp3) is 0.742. The summed E-state index contributed by atoms with van der Waals surface area (Å²) in [7, 11) is 1.38. The average molecular weight is 524 g/mol. The molecule has 0 saturated heterocycles. The minimum absolute atomic E-state index is 0.0975. The molecule has 0 aromatic carbocycles. The van der Waals surface area contributed by atoms with Gasteiger partial charge in [0.2, 0.25) is 5.78 Å². The van der Waals surface area contributed by atoms with E-state index in [4.69, 9.17) is 4.74 Å². The molecule has 7 heteroatoms. The van der Waals surface area contributed by atoms with Gasteiger partial charge in [-0.25, -0.2) is 0 Å². The number of carbonyl (C=O) groups excluding carboxylic acids is 3. The third-order valence-electron chi connectivity index (χ3n) is 12.3. The van der Waals surface area contributed by atoms with Gasteiger partial charge in [-0.3, -0.25) is 14.4 Å². The predicted molar refractivity (Wildman–Crippen MR) is 139 cm³/mol. The number of hydrogen-bond donors (Lipinski definition) is 2. The van der Waals surface area contributed by atoms with Gasteiger partial charge in [-0.2, -0.15) is 5.26 Å². The molecule has 5 rings (SSSR count). The monoisotopic (exact) mass is 523 g/mol. The maximum Gasteiger partial charge on any atom is 0.312 e. The summed E-state index contributed by atoms with van der Waals surface area (Å²) in [6.45, 7) is 11.7. The minimum Gasteiger partial charge on any atom is -0.469 e. The number of rotatable bonds is 1. The normalized spacial score (nSPS) is 49.3. The first kappa shape index (κ1) is 27.3. The molecule has 5 aliphatic rings. The Bertz CT molecular complexity index is 1250. The molecule has 0 aliphatic heterocycles. The summed E-state index contributed by atoms with van der Waals surface area (Å²) < 4.78 is 5.31. The Hall–Kier alpha value is -2.30. The molecule has 3 saturated carbocycles. The third kappa shape index (κ3) is 2.89. The zero-order chi connectivity index (χ0) is 28.3. The van der Waals surface area contributed by atoms with Gasteiger partial charge in [-0.1, -0.05) is 40.7 Å². The van der Waals surface area contributed by atoms with Crippen molar-refractivity contribution in [3.63, 3.8) is 0 Å². The molecule has 7 nitrogen and oxygen atoms in total. The van der Waals surface area contributed by atoms with E-state index in [2.05, 4.69) is 20.8 Å². The zero-order valence-corrected chi connectivity index (χ0v) is 23.7. The van der Waals surface area contributed by atoms with Crippen LogP contribution in [0.2, 0.25) is 0 Å². The minimum atomic E-state index is -1.78. The van der Waals surface area contributed by atoms with Crippen molar-refractivity contribution in [1.82, 2.24) is 0 Å². The number of carbonyl (C=O) groups is 3. The number of fused-ring (bicyclic) bond motifs is 7. The van der Waals surface area contributed by atoms with E-state index in [9.17, 15) is 29.9 Å². The van der Waals surface area contributed by atoms with E-state index in [0.29, 0.717) is 38.5 Å². The number of methoxy groups -OCH3 is 1. The lowest BCUT2D eigenvalue weighted by Crippen LogP contribution is -2.75. The van der Waals surface area contributed by atoms with Gasteiger partial charge in [0, 0.05) is 22.7 Å². The summed E-state index contributed by atoms with van der Waals surface area (Å²) in [6.07, 6.45) is 7.12. The van der Waals surface area contributed by atoms with Crippen LogP contribution in [0.4, 0.5) is 0 Å². The van der Waals surface area contributed by atoms with Crippen molar-refractivity contribution in [1.29, 1.82) is 5.26 Å². The summed E-state index contributed by atoms with van der Waals surface area (Å²) in [5.74, 6) is -2.46. The Morgan fingerprint density at radius 2 is 1.63 bits per heavy atom. The number of ketones is 2. The summed E-state index contributed by atoms with van der Waals surface area (Å²) in [5.41, 5.74) is -6.43. The molecular formula is C31H41NO6. The predicted octanol–water partition coefficient (Wildman–Crippen LogP) is 4.22. The van der Waals surface area contributed by atoms with Gasteiger partial charge in [-0.15, -0.1) is 0 Å². The summed E-state index contributed by atoms with van der Waals surface area (Å²) >= 11 is 0. The molecule has 0 radical (unpaired) electrons. The molecule has 8 atom stereocenters. The molecular weight excluding hydrogens is 482 g/mol. The molecule has 5 aliphatic carbocycles. The van der Waals surface area contributed by atoms with Gasteiger partial charge in [0.05, 0.1) is 18.1 Å². The van der Waals surface area contributed by atoms with Gasteiger partial charge in [0.25, 0.3) is 0 Å². The van der Waals surface area contributed by atoms with Crippen LogP contribution in [0.25, 0.3) is 0 Å². The van der Waals surface area contributed by atoms with Crippen molar-refractivity contribution in [2.45, 2.75) is 97.7 Å². The molecule has 3 fully saturated rings. The van der Waals surface area contributed by atoms with E-state index in [0.717, 1.165) is 12.0 Å². The van der Waals surface area contributed by atoms with Crippen molar-refractivity contribution in [2.24, 2.45) is 38.9 Å². The van der Waals surface area contributed by atoms with Crippen molar-refractivity contribution in [3.05, 3.63) is 23.3 Å². The number of nitriles is 1. The van der Waals surface area contributed by atoms with Crippen LogP contribution >= 0.6 is 0 Å². The third-order valence-corrected chi connectivity index (χ3v) is 12.3. The highest BCUT2D eigenvalue weighted by atomic mass is 16.5. The summed E-state index contributed by atoms with van der Waals surface area (Å²) in [5, 5.41) is 33.9. The fourth-order valence-corrected chi connectivity index (χ4v) is 9.87. The highest BCUT2D eigenvalue weighted by Crippen LogP contribution is 2.75. The number of Topliss-reactive ketones (excluding diaryl/α,β-unsaturated/α-hetero) is 1. The SMILES string of the molecule is COC(=O)[C@]12CCC(C)(C)C[C@H]1[C@@]1(O)C(=O)C=C3[C@@]4(C)C=C(C#N)C(=O)[C@@](C)(O)C4CC[C@@]3(C)[C@]1(C)CC2. The van der Waals surface area contributed by atoms with Gasteiger partial charge in [-0.05, 0) is 74.3 Å². The van der Waals surface area contributed by atoms with E-state index in [-0.39, 0.29) is 17.0 Å². The Morgan fingerprint density at radius 1 is 1.00 bits per heavy atom. The van der Waals surface area contributed by atoms with Crippen molar-refractivity contribution in [2.75, 3.05) is 7.11 Å². The van der Waals surface area contributed by atoms with Gasteiger partial charge in [0.15, 0.2) is 5.78 Å². The van der Waals surface area contributed by atoms with E-state index >= 15 is 0 Å². The Labute approximate surface area is 225 Å². The lowest BCUT2D eigenvalue weighted by molar-refractivity contribution is -0.248.